The first-order valence-electron chi connectivity index (χ1n) is 19.6. The highest BCUT2D eigenvalue weighted by Crippen LogP contribution is 2.78. The van der Waals surface area contributed by atoms with Crippen LogP contribution < -0.4 is 0 Å². The van der Waals surface area contributed by atoms with Gasteiger partial charge in [0.2, 0.25) is 0 Å². The molecular formula is C44H61O9P. The second kappa shape index (κ2) is 19.3. The fourth-order valence-corrected chi connectivity index (χ4v) is 14.5. The molecule has 3 N–H and O–H groups in total. The molecule has 0 radical (unpaired) electrons. The summed E-state index contributed by atoms with van der Waals surface area (Å²) in [4.78, 5) is 22.8. The molecular weight excluding hydrogens is 703 g/mol. The number of rotatable bonds is 13. The second-order valence-electron chi connectivity index (χ2n) is 16.2. The van der Waals surface area contributed by atoms with Crippen LogP contribution in [0.1, 0.15) is 104 Å². The second-order valence-corrected chi connectivity index (χ2v) is 19.3. The van der Waals surface area contributed by atoms with Gasteiger partial charge in [-0.15, -0.1) is 0 Å². The molecule has 2 aliphatic heterocycles. The largest absolute Gasteiger partial charge is 0.481 e. The zero-order valence-corrected chi connectivity index (χ0v) is 33.6. The summed E-state index contributed by atoms with van der Waals surface area (Å²) in [6, 6.07) is 20.0. The fourth-order valence-electron chi connectivity index (χ4n) is 9.76. The van der Waals surface area contributed by atoms with Crippen molar-refractivity contribution < 1.29 is 43.9 Å². The summed E-state index contributed by atoms with van der Waals surface area (Å²) >= 11 is 0. The van der Waals surface area contributed by atoms with Crippen molar-refractivity contribution in [2.75, 3.05) is 13.6 Å². The minimum atomic E-state index is -0.833. The maximum absolute atomic E-state index is 13.8. The van der Waals surface area contributed by atoms with E-state index in [1.807, 2.05) is 48.5 Å². The number of hydrogen-bond donors (Lipinski definition) is 3. The average molecular weight is 765 g/mol. The molecule has 0 bridgehead atoms. The van der Waals surface area contributed by atoms with Gasteiger partial charge in [-0.3, -0.25) is 4.79 Å². The highest BCUT2D eigenvalue weighted by atomic mass is 31.1. The SMILES string of the molecule is CC(=O)O.CC(C)=CCC/C(C(=O)OCOCc1ccccc1)=C1/C(O)CC2(C)C1CCC1P2C(O)CC2C[C@H](OCOCc3ccccc3)CCC21C. The molecule has 10 heteroatoms. The molecule has 0 amide bonds. The number of carbonyl (C=O) groups excluding carboxylic acids is 1. The molecule has 2 saturated carbocycles. The maximum Gasteiger partial charge on any atom is 0.336 e. The summed E-state index contributed by atoms with van der Waals surface area (Å²) in [5.41, 5.74) is 5.36. The smallest absolute Gasteiger partial charge is 0.336 e. The Balaban J connectivity index is 0.00000133. The van der Waals surface area contributed by atoms with Gasteiger partial charge >= 0.3 is 5.97 Å². The van der Waals surface area contributed by atoms with Crippen LogP contribution in [0.2, 0.25) is 0 Å². The number of aliphatic carboxylic acids is 1. The standard InChI is InChI=1S/C42H57O7P.C2H4O2/c1-29(2)12-11-17-34(40(45)49-28-47-26-31-15-9-6-10-16-31)39-35-18-19-37-41(3)21-20-33(48-27-46-25-30-13-7-5-8-14-30)22-32(41)23-38(44)50(37)42(35,4)24-36(39)43;1-2(3)4/h5-10,12-16,32-33,35-38,43-44H,11,17-28H2,1-4H3;1H3,(H,3,4)/b39-34-;/t32?,33-,35?,36?,37?,38?,41?,42?,50?;/m1./s1. The van der Waals surface area contributed by atoms with Crippen LogP contribution in [0.25, 0.3) is 0 Å². The molecule has 2 saturated heterocycles. The number of allylic oxidation sites excluding steroid dienone is 2. The summed E-state index contributed by atoms with van der Waals surface area (Å²) in [7, 11) is -0.828. The van der Waals surface area contributed by atoms with E-state index < -0.39 is 31.8 Å². The van der Waals surface area contributed by atoms with E-state index in [2.05, 4.69) is 45.9 Å². The molecule has 8 unspecified atom stereocenters. The van der Waals surface area contributed by atoms with Crippen molar-refractivity contribution in [2.24, 2.45) is 17.3 Å². The Hall–Kier alpha value is -2.91. The van der Waals surface area contributed by atoms with Crippen molar-refractivity contribution in [1.82, 2.24) is 0 Å². The number of carboxylic acids is 1. The monoisotopic (exact) mass is 764 g/mol. The highest BCUT2D eigenvalue weighted by Gasteiger charge is 2.64. The Labute approximate surface area is 322 Å². The normalized spacial score (nSPS) is 32.2. The molecule has 0 spiro atoms. The molecule has 9 nitrogen and oxygen atoms in total. The number of carboxylic acid groups (broad SMARTS) is 1. The number of fused-ring (bicyclic) bond motifs is 5. The fraction of sp³-hybridized carbons (Fsp3) is 0.591. The van der Waals surface area contributed by atoms with E-state index in [1.54, 1.807) is 0 Å². The predicted molar refractivity (Wildman–Crippen MR) is 211 cm³/mol. The first-order chi connectivity index (χ1) is 25.8. The van der Waals surface area contributed by atoms with Crippen LogP contribution in [0.15, 0.2) is 83.5 Å². The number of aliphatic hydroxyl groups excluding tert-OH is 2. The van der Waals surface area contributed by atoms with E-state index >= 15 is 0 Å². The molecule has 4 fully saturated rings. The van der Waals surface area contributed by atoms with Gasteiger partial charge in [0.25, 0.3) is 5.97 Å². The Morgan fingerprint density at radius 2 is 1.48 bits per heavy atom. The third kappa shape index (κ3) is 10.3. The van der Waals surface area contributed by atoms with Crippen LogP contribution in [0.3, 0.4) is 0 Å². The van der Waals surface area contributed by atoms with Gasteiger partial charge in [-0.2, -0.15) is 0 Å². The van der Waals surface area contributed by atoms with Crippen LogP contribution in [0.5, 0.6) is 0 Å². The third-order valence-corrected chi connectivity index (χ3v) is 16.3. The van der Waals surface area contributed by atoms with Gasteiger partial charge in [-0.25, -0.2) is 4.79 Å². The molecule has 2 aromatic carbocycles. The van der Waals surface area contributed by atoms with E-state index in [9.17, 15) is 15.0 Å². The average Bonchev–Trinajstić information content (AvgIpc) is 3.40. The van der Waals surface area contributed by atoms with E-state index in [4.69, 9.17) is 28.8 Å². The number of esters is 1. The summed E-state index contributed by atoms with van der Waals surface area (Å²) in [6.45, 7) is 11.0. The van der Waals surface area contributed by atoms with E-state index in [0.717, 1.165) is 62.1 Å². The summed E-state index contributed by atoms with van der Waals surface area (Å²) < 4.78 is 23.5. The molecule has 2 heterocycles. The van der Waals surface area contributed by atoms with Crippen LogP contribution >= 0.6 is 7.92 Å². The maximum atomic E-state index is 13.8. The first kappa shape index (κ1) is 42.2. The molecule has 54 heavy (non-hydrogen) atoms. The van der Waals surface area contributed by atoms with Gasteiger partial charge in [-0.05, 0) is 116 Å². The first-order valence-corrected chi connectivity index (χ1v) is 21.0. The molecule has 2 aromatic rings. The van der Waals surface area contributed by atoms with Gasteiger partial charge in [0.1, 0.15) is 6.79 Å². The van der Waals surface area contributed by atoms with Crippen molar-refractivity contribution in [2.45, 2.75) is 134 Å². The van der Waals surface area contributed by atoms with Crippen molar-refractivity contribution in [3.05, 3.63) is 94.6 Å². The van der Waals surface area contributed by atoms with E-state index in [-0.39, 0.29) is 36.2 Å². The minimum absolute atomic E-state index is 0.0515. The van der Waals surface area contributed by atoms with Crippen molar-refractivity contribution in [3.8, 4) is 0 Å². The number of ether oxygens (including phenoxy) is 4. The molecule has 6 rings (SSSR count). The summed E-state index contributed by atoms with van der Waals surface area (Å²) in [5, 5.41) is 31.0. The quantitative estimate of drug-likeness (QED) is 0.0458. The van der Waals surface area contributed by atoms with Gasteiger partial charge in [0, 0.05) is 12.5 Å². The van der Waals surface area contributed by atoms with Gasteiger partial charge in [0.05, 0.1) is 31.3 Å². The van der Waals surface area contributed by atoms with Crippen LogP contribution in [0.4, 0.5) is 0 Å². The molecule has 0 aromatic heterocycles. The van der Waals surface area contributed by atoms with Gasteiger partial charge in [0.15, 0.2) is 6.79 Å². The van der Waals surface area contributed by atoms with Crippen LogP contribution in [-0.2, 0) is 41.8 Å². The summed E-state index contributed by atoms with van der Waals surface area (Å²) in [5.74, 6) is -1.18. The molecule has 9 atom stereocenters. The van der Waals surface area contributed by atoms with E-state index in [1.165, 1.54) is 5.57 Å². The minimum Gasteiger partial charge on any atom is -0.481 e. The number of carbonyl (C=O) groups is 2. The van der Waals surface area contributed by atoms with Crippen LogP contribution in [0, 0.1) is 17.3 Å². The van der Waals surface area contributed by atoms with E-state index in [0.29, 0.717) is 49.6 Å². The topological polar surface area (TPSA) is 132 Å². The zero-order chi connectivity index (χ0) is 38.9. The van der Waals surface area contributed by atoms with Gasteiger partial charge in [-0.1, -0.05) is 94.1 Å². The number of aliphatic hydroxyl groups is 2. The lowest BCUT2D eigenvalue weighted by molar-refractivity contribution is -0.153. The lowest BCUT2D eigenvalue weighted by atomic mass is 9.62. The zero-order valence-electron chi connectivity index (χ0n) is 32.7. The van der Waals surface area contributed by atoms with Crippen molar-refractivity contribution in [3.63, 3.8) is 0 Å². The number of benzene rings is 2. The predicted octanol–water partition coefficient (Wildman–Crippen LogP) is 8.71. The molecule has 296 valence electrons. The van der Waals surface area contributed by atoms with Gasteiger partial charge < -0.3 is 34.3 Å². The highest BCUT2D eigenvalue weighted by molar-refractivity contribution is 7.60. The lowest BCUT2D eigenvalue weighted by Crippen LogP contribution is -2.55. The Bertz CT molecular complexity index is 1590. The van der Waals surface area contributed by atoms with Crippen molar-refractivity contribution >= 4 is 19.9 Å². The van der Waals surface area contributed by atoms with Crippen LogP contribution in [-0.4, -0.2) is 69.7 Å². The van der Waals surface area contributed by atoms with Crippen molar-refractivity contribution in [1.29, 1.82) is 0 Å². The Morgan fingerprint density at radius 3 is 2.09 bits per heavy atom. The Morgan fingerprint density at radius 1 is 0.870 bits per heavy atom. The third-order valence-electron chi connectivity index (χ3n) is 12.2. The lowest BCUT2D eigenvalue weighted by Gasteiger charge is -2.63. The Kier molecular flexibility index (Phi) is 15.1. The summed E-state index contributed by atoms with van der Waals surface area (Å²) in [6.07, 6.45) is 9.09. The molecule has 2 aliphatic carbocycles. The number of hydrogen-bond acceptors (Lipinski definition) is 8. The molecule has 4 aliphatic rings.